The van der Waals surface area contributed by atoms with Crippen molar-refractivity contribution in [3.8, 4) is 5.75 Å². The van der Waals surface area contributed by atoms with Crippen molar-refractivity contribution in [1.82, 2.24) is 10.3 Å². The Morgan fingerprint density at radius 1 is 1.13 bits per heavy atom. The second-order valence-corrected chi connectivity index (χ2v) is 7.81. The van der Waals surface area contributed by atoms with Gasteiger partial charge in [0.1, 0.15) is 12.3 Å². The van der Waals surface area contributed by atoms with E-state index in [1.54, 1.807) is 13.4 Å². The van der Waals surface area contributed by atoms with Crippen molar-refractivity contribution >= 4 is 16.8 Å². The Bertz CT molecular complexity index is 1120. The molecule has 0 radical (unpaired) electrons. The number of carbonyl (C=O) groups excluding carboxylic acids is 1. The molecular weight excluding hydrogens is 390 g/mol. The highest BCUT2D eigenvalue weighted by Gasteiger charge is 2.20. The minimum absolute atomic E-state index is 0.0161. The molecule has 4 rings (SSSR count). The molecule has 1 amide bonds. The van der Waals surface area contributed by atoms with E-state index < -0.39 is 0 Å². The predicted molar refractivity (Wildman–Crippen MR) is 120 cm³/mol. The van der Waals surface area contributed by atoms with Gasteiger partial charge in [-0.1, -0.05) is 30.3 Å². The lowest BCUT2D eigenvalue weighted by Gasteiger charge is -2.19. The third-order valence-electron chi connectivity index (χ3n) is 5.54. The van der Waals surface area contributed by atoms with Crippen LogP contribution in [0.5, 0.6) is 5.75 Å². The quantitative estimate of drug-likeness (QED) is 0.391. The van der Waals surface area contributed by atoms with Gasteiger partial charge in [0.2, 0.25) is 0 Å². The van der Waals surface area contributed by atoms with E-state index in [4.69, 9.17) is 9.15 Å². The van der Waals surface area contributed by atoms with Gasteiger partial charge in [-0.15, -0.1) is 0 Å². The van der Waals surface area contributed by atoms with Gasteiger partial charge in [-0.3, -0.25) is 4.79 Å². The number of methoxy groups -OCH3 is 1. The summed E-state index contributed by atoms with van der Waals surface area (Å²) in [5, 5.41) is 4.30. The highest BCUT2D eigenvalue weighted by atomic mass is 16.5. The monoisotopic (exact) mass is 418 g/mol. The zero-order valence-corrected chi connectivity index (χ0v) is 17.9. The minimum atomic E-state index is 0.0161. The van der Waals surface area contributed by atoms with Crippen molar-refractivity contribution < 1.29 is 18.8 Å². The van der Waals surface area contributed by atoms with E-state index in [9.17, 15) is 4.79 Å². The fraction of sp³-hybridized carbons (Fsp3) is 0.240. The van der Waals surface area contributed by atoms with Crippen LogP contribution < -0.4 is 15.0 Å². The lowest BCUT2D eigenvalue weighted by atomic mass is 9.90. The number of hydrogen-bond acceptors (Lipinski definition) is 3. The number of likely N-dealkylation sites (N-methyl/N-ethyl adjacent to an activating group) is 1. The first-order valence-corrected chi connectivity index (χ1v) is 10.4. The number of ether oxygens (including phenoxy) is 1. The number of quaternary nitrogens is 1. The van der Waals surface area contributed by atoms with Gasteiger partial charge in [0.25, 0.3) is 5.91 Å². The molecular formula is C25H28N3O3+. The van der Waals surface area contributed by atoms with E-state index >= 15 is 0 Å². The number of furan rings is 1. The Kier molecular flexibility index (Phi) is 6.38. The van der Waals surface area contributed by atoms with E-state index in [-0.39, 0.29) is 11.8 Å². The van der Waals surface area contributed by atoms with Crippen molar-refractivity contribution in [1.29, 1.82) is 0 Å². The molecule has 4 aromatic rings. The Labute approximate surface area is 181 Å². The van der Waals surface area contributed by atoms with E-state index in [1.807, 2.05) is 49.6 Å². The molecule has 0 fully saturated rings. The maximum Gasteiger partial charge on any atom is 0.275 e. The fourth-order valence-corrected chi connectivity index (χ4v) is 3.95. The molecule has 0 saturated carbocycles. The SMILES string of the molecule is COc1ccc([C@H](CNC(=O)C[NH+](C)Cc2ccco2)c2c[nH]c3ccccc23)cc1. The van der Waals surface area contributed by atoms with Gasteiger partial charge < -0.3 is 24.4 Å². The Morgan fingerprint density at radius 3 is 2.68 bits per heavy atom. The average Bonchev–Trinajstić information content (AvgIpc) is 3.44. The number of fused-ring (bicyclic) bond motifs is 1. The molecule has 2 aromatic heterocycles. The summed E-state index contributed by atoms with van der Waals surface area (Å²) in [7, 11) is 3.65. The van der Waals surface area contributed by atoms with Crippen LogP contribution in [0.25, 0.3) is 10.9 Å². The molecule has 6 heteroatoms. The highest BCUT2D eigenvalue weighted by molar-refractivity contribution is 5.84. The standard InChI is InChI=1S/C25H27N3O3/c1-28(16-20-6-5-13-31-20)17-25(29)27-14-22(18-9-11-19(30-2)12-10-18)23-15-26-24-8-4-3-7-21(23)24/h3-13,15,22,26H,14,16-17H2,1-2H3,(H,27,29)/p+1/t22-/m0/s1. The first kappa shape index (κ1) is 20.8. The topological polar surface area (TPSA) is 71.7 Å². The third-order valence-corrected chi connectivity index (χ3v) is 5.54. The molecule has 0 saturated heterocycles. The maximum atomic E-state index is 12.7. The molecule has 2 heterocycles. The van der Waals surface area contributed by atoms with E-state index in [1.165, 1.54) is 0 Å². The van der Waals surface area contributed by atoms with Crippen molar-refractivity contribution in [3.05, 3.63) is 90.0 Å². The van der Waals surface area contributed by atoms with Gasteiger partial charge >= 0.3 is 0 Å². The molecule has 2 aromatic carbocycles. The first-order valence-electron chi connectivity index (χ1n) is 10.4. The van der Waals surface area contributed by atoms with Crippen molar-refractivity contribution in [2.75, 3.05) is 27.2 Å². The highest BCUT2D eigenvalue weighted by Crippen LogP contribution is 2.31. The van der Waals surface area contributed by atoms with Gasteiger partial charge in [0, 0.05) is 29.6 Å². The summed E-state index contributed by atoms with van der Waals surface area (Å²) >= 11 is 0. The van der Waals surface area contributed by atoms with Crippen molar-refractivity contribution in [2.45, 2.75) is 12.5 Å². The van der Waals surface area contributed by atoms with Crippen LogP contribution in [-0.4, -0.2) is 38.1 Å². The summed E-state index contributed by atoms with van der Waals surface area (Å²) in [6, 6.07) is 20.1. The van der Waals surface area contributed by atoms with Crippen molar-refractivity contribution in [2.24, 2.45) is 0 Å². The lowest BCUT2D eigenvalue weighted by Crippen LogP contribution is -3.08. The van der Waals surface area contributed by atoms with Gasteiger partial charge in [-0.25, -0.2) is 0 Å². The number of aromatic amines is 1. The zero-order valence-electron chi connectivity index (χ0n) is 17.9. The van der Waals surface area contributed by atoms with Crippen LogP contribution in [-0.2, 0) is 11.3 Å². The van der Waals surface area contributed by atoms with Crippen LogP contribution in [0.2, 0.25) is 0 Å². The zero-order chi connectivity index (χ0) is 21.6. The normalized spacial score (nSPS) is 13.1. The summed E-state index contributed by atoms with van der Waals surface area (Å²) in [4.78, 5) is 17.1. The second kappa shape index (κ2) is 9.53. The van der Waals surface area contributed by atoms with Gasteiger partial charge in [-0.05, 0) is 41.5 Å². The number of aromatic nitrogens is 1. The number of carbonyl (C=O) groups is 1. The Morgan fingerprint density at radius 2 is 1.94 bits per heavy atom. The molecule has 0 aliphatic rings. The molecule has 0 spiro atoms. The van der Waals surface area contributed by atoms with Crippen LogP contribution in [0.4, 0.5) is 0 Å². The lowest BCUT2D eigenvalue weighted by molar-refractivity contribution is -0.886. The molecule has 0 bridgehead atoms. The van der Waals surface area contributed by atoms with Gasteiger partial charge in [0.15, 0.2) is 12.3 Å². The maximum absolute atomic E-state index is 12.7. The molecule has 31 heavy (non-hydrogen) atoms. The molecule has 1 unspecified atom stereocenters. The fourth-order valence-electron chi connectivity index (χ4n) is 3.95. The number of rotatable bonds is 9. The summed E-state index contributed by atoms with van der Waals surface area (Å²) in [5.41, 5.74) is 3.38. The number of amides is 1. The summed E-state index contributed by atoms with van der Waals surface area (Å²) < 4.78 is 10.7. The Hall–Kier alpha value is -3.51. The number of para-hydroxylation sites is 1. The van der Waals surface area contributed by atoms with Crippen molar-refractivity contribution in [3.63, 3.8) is 0 Å². The number of hydrogen-bond donors (Lipinski definition) is 3. The second-order valence-electron chi connectivity index (χ2n) is 7.81. The number of benzene rings is 2. The largest absolute Gasteiger partial charge is 0.497 e. The van der Waals surface area contributed by atoms with E-state index in [0.717, 1.165) is 38.4 Å². The smallest absolute Gasteiger partial charge is 0.275 e. The molecule has 0 aliphatic heterocycles. The summed E-state index contributed by atoms with van der Waals surface area (Å²) in [5.74, 6) is 1.73. The first-order chi connectivity index (χ1) is 15.1. The van der Waals surface area contributed by atoms with Crippen LogP contribution in [0.1, 0.15) is 22.8 Å². The third kappa shape index (κ3) is 4.98. The Balaban J connectivity index is 1.49. The molecule has 160 valence electrons. The van der Waals surface area contributed by atoms with E-state index in [2.05, 4.69) is 34.6 Å². The summed E-state index contributed by atoms with van der Waals surface area (Å²) in [6.45, 7) is 1.57. The number of H-pyrrole nitrogens is 1. The summed E-state index contributed by atoms with van der Waals surface area (Å²) in [6.07, 6.45) is 3.70. The predicted octanol–water partition coefficient (Wildman–Crippen LogP) is 2.73. The minimum Gasteiger partial charge on any atom is -0.497 e. The van der Waals surface area contributed by atoms with Crippen LogP contribution in [0.3, 0.4) is 0 Å². The number of nitrogens with one attached hydrogen (secondary N) is 3. The van der Waals surface area contributed by atoms with Gasteiger partial charge in [0.05, 0.1) is 20.4 Å². The van der Waals surface area contributed by atoms with Crippen LogP contribution in [0.15, 0.2) is 77.5 Å². The average molecular weight is 419 g/mol. The van der Waals surface area contributed by atoms with E-state index in [0.29, 0.717) is 19.6 Å². The molecule has 2 atom stereocenters. The molecule has 3 N–H and O–H groups in total. The van der Waals surface area contributed by atoms with Gasteiger partial charge in [-0.2, -0.15) is 0 Å². The molecule has 6 nitrogen and oxygen atoms in total. The van der Waals surface area contributed by atoms with Crippen LogP contribution in [0, 0.1) is 0 Å². The molecule has 0 aliphatic carbocycles. The van der Waals surface area contributed by atoms with Crippen LogP contribution >= 0.6 is 0 Å².